The van der Waals surface area contributed by atoms with Crippen LogP contribution < -0.4 is 4.72 Å². The first-order valence-electron chi connectivity index (χ1n) is 3.99. The van der Waals surface area contributed by atoms with Crippen LogP contribution in [0.5, 0.6) is 0 Å². The first kappa shape index (κ1) is 10.4. The second-order valence-electron chi connectivity index (χ2n) is 3.36. The monoisotopic (exact) mass is 204 g/mol. The molecule has 0 radical (unpaired) electrons. The predicted octanol–water partition coefficient (Wildman–Crippen LogP) is -0.657. The van der Waals surface area contributed by atoms with Crippen LogP contribution in [0, 0.1) is 11.3 Å². The van der Waals surface area contributed by atoms with Crippen molar-refractivity contribution in [1.29, 1.82) is 5.26 Å². The molecule has 1 saturated carbocycles. The molecule has 2 N–H and O–H groups in total. The Labute approximate surface area is 77.4 Å². The minimum Gasteiger partial charge on any atom is -0.394 e. The molecule has 5 nitrogen and oxygen atoms in total. The first-order valence-corrected chi connectivity index (χ1v) is 5.54. The average molecular weight is 204 g/mol. The molecule has 1 rings (SSSR count). The van der Waals surface area contributed by atoms with Crippen molar-refractivity contribution in [1.82, 2.24) is 4.72 Å². The van der Waals surface area contributed by atoms with Crippen LogP contribution in [-0.4, -0.2) is 30.9 Å². The Morgan fingerprint density at radius 2 is 2.23 bits per heavy atom. The summed E-state index contributed by atoms with van der Waals surface area (Å²) in [5, 5.41) is 16.2. The van der Waals surface area contributed by atoms with E-state index in [4.69, 9.17) is 10.4 Å². The van der Waals surface area contributed by atoms with Crippen LogP contribution in [0.4, 0.5) is 0 Å². The van der Waals surface area contributed by atoms with Crippen molar-refractivity contribution in [3.05, 3.63) is 0 Å². The van der Waals surface area contributed by atoms with Gasteiger partial charge in [0.1, 0.15) is 0 Å². The van der Waals surface area contributed by atoms with E-state index in [1.165, 1.54) is 6.92 Å². The van der Waals surface area contributed by atoms with E-state index in [0.29, 0.717) is 12.8 Å². The van der Waals surface area contributed by atoms with Crippen LogP contribution in [0.3, 0.4) is 0 Å². The summed E-state index contributed by atoms with van der Waals surface area (Å²) in [5.74, 6) is 0. The summed E-state index contributed by atoms with van der Waals surface area (Å²) in [4.78, 5) is 0. The molecule has 74 valence electrons. The minimum atomic E-state index is -3.59. The molecular formula is C7H12N2O3S. The topological polar surface area (TPSA) is 90.2 Å². The lowest BCUT2D eigenvalue weighted by Crippen LogP contribution is -2.43. The maximum atomic E-state index is 11.3. The molecule has 0 aromatic heterocycles. The number of hydrogen-bond donors (Lipinski definition) is 2. The Kier molecular flexibility index (Phi) is 2.61. The summed E-state index contributed by atoms with van der Waals surface area (Å²) in [6.07, 6.45) is 1.28. The summed E-state index contributed by atoms with van der Waals surface area (Å²) in [7, 11) is -3.59. The molecule has 0 amide bonds. The van der Waals surface area contributed by atoms with Gasteiger partial charge < -0.3 is 5.11 Å². The third kappa shape index (κ3) is 2.18. The van der Waals surface area contributed by atoms with E-state index in [1.807, 2.05) is 0 Å². The van der Waals surface area contributed by atoms with E-state index in [1.54, 1.807) is 6.07 Å². The minimum absolute atomic E-state index is 0.204. The smallest absolute Gasteiger partial charge is 0.228 e. The summed E-state index contributed by atoms with van der Waals surface area (Å²) in [5.41, 5.74) is -0.677. The van der Waals surface area contributed by atoms with Gasteiger partial charge in [-0.3, -0.25) is 0 Å². The summed E-state index contributed by atoms with van der Waals surface area (Å²) in [6, 6.07) is 1.65. The van der Waals surface area contributed by atoms with Crippen molar-refractivity contribution in [2.45, 2.75) is 30.6 Å². The van der Waals surface area contributed by atoms with Crippen LogP contribution in [0.1, 0.15) is 19.8 Å². The van der Waals surface area contributed by atoms with Gasteiger partial charge in [0.05, 0.1) is 18.2 Å². The van der Waals surface area contributed by atoms with Crippen LogP contribution in [0.25, 0.3) is 0 Å². The average Bonchev–Trinajstić information content (AvgIpc) is 2.83. The van der Waals surface area contributed by atoms with Crippen molar-refractivity contribution >= 4 is 10.0 Å². The molecule has 1 aliphatic carbocycles. The van der Waals surface area contributed by atoms with Gasteiger partial charge in [0, 0.05) is 0 Å². The third-order valence-corrected chi connectivity index (χ3v) is 3.92. The number of nitriles is 1. The number of aliphatic hydroxyl groups is 1. The lowest BCUT2D eigenvalue weighted by molar-refractivity contribution is 0.246. The zero-order valence-corrected chi connectivity index (χ0v) is 8.13. The number of aliphatic hydroxyl groups excluding tert-OH is 1. The fraction of sp³-hybridized carbons (Fsp3) is 0.857. The van der Waals surface area contributed by atoms with Gasteiger partial charge in [0.15, 0.2) is 5.25 Å². The highest BCUT2D eigenvalue weighted by Crippen LogP contribution is 2.35. The molecule has 0 heterocycles. The molecular weight excluding hydrogens is 192 g/mol. The van der Waals surface area contributed by atoms with Crippen LogP contribution in [0.15, 0.2) is 0 Å². The molecule has 0 saturated heterocycles. The highest BCUT2D eigenvalue weighted by molar-refractivity contribution is 7.90. The normalized spacial score (nSPS) is 21.9. The lowest BCUT2D eigenvalue weighted by Gasteiger charge is -2.15. The molecule has 1 aliphatic rings. The van der Waals surface area contributed by atoms with Crippen molar-refractivity contribution in [2.75, 3.05) is 6.61 Å². The molecule has 13 heavy (non-hydrogen) atoms. The Balaban J connectivity index is 2.69. The van der Waals surface area contributed by atoms with E-state index < -0.39 is 20.8 Å². The first-order chi connectivity index (χ1) is 5.96. The molecule has 1 atom stereocenters. The molecule has 1 unspecified atom stereocenters. The molecule has 0 bridgehead atoms. The third-order valence-electron chi connectivity index (χ3n) is 2.16. The van der Waals surface area contributed by atoms with E-state index in [-0.39, 0.29) is 6.61 Å². The zero-order chi connectivity index (χ0) is 10.1. The number of sulfonamides is 1. The molecule has 0 aromatic rings. The van der Waals surface area contributed by atoms with Gasteiger partial charge in [0.25, 0.3) is 0 Å². The van der Waals surface area contributed by atoms with Crippen LogP contribution >= 0.6 is 0 Å². The van der Waals surface area contributed by atoms with Crippen molar-refractivity contribution in [3.63, 3.8) is 0 Å². The van der Waals surface area contributed by atoms with E-state index in [0.717, 1.165) is 0 Å². The SMILES string of the molecule is CC(C#N)S(=O)(=O)NC1(CO)CC1. The standard InChI is InChI=1S/C7H12N2O3S/c1-6(4-8)13(11,12)9-7(5-10)2-3-7/h6,9-10H,2-3,5H2,1H3. The Morgan fingerprint density at radius 3 is 2.54 bits per heavy atom. The molecule has 0 spiro atoms. The second-order valence-corrected chi connectivity index (χ2v) is 5.36. The quantitative estimate of drug-likeness (QED) is 0.636. The van der Waals surface area contributed by atoms with Gasteiger partial charge in [-0.05, 0) is 19.8 Å². The van der Waals surface area contributed by atoms with Gasteiger partial charge in [0.2, 0.25) is 10.0 Å². The largest absolute Gasteiger partial charge is 0.394 e. The Morgan fingerprint density at radius 1 is 1.69 bits per heavy atom. The van der Waals surface area contributed by atoms with E-state index in [9.17, 15) is 8.42 Å². The summed E-state index contributed by atoms with van der Waals surface area (Å²) >= 11 is 0. The second kappa shape index (κ2) is 3.25. The van der Waals surface area contributed by atoms with E-state index >= 15 is 0 Å². The summed E-state index contributed by atoms with van der Waals surface area (Å²) in [6.45, 7) is 1.11. The van der Waals surface area contributed by atoms with E-state index in [2.05, 4.69) is 4.72 Å². The zero-order valence-electron chi connectivity index (χ0n) is 7.32. The number of nitrogens with zero attached hydrogens (tertiary/aromatic N) is 1. The molecule has 6 heteroatoms. The Hall–Kier alpha value is -0.640. The Bertz CT molecular complexity index is 326. The van der Waals surface area contributed by atoms with Gasteiger partial charge in [-0.25, -0.2) is 13.1 Å². The number of rotatable bonds is 4. The van der Waals surface area contributed by atoms with Crippen LogP contribution in [-0.2, 0) is 10.0 Å². The highest BCUT2D eigenvalue weighted by Gasteiger charge is 2.46. The molecule has 1 fully saturated rings. The molecule has 0 aromatic carbocycles. The van der Waals surface area contributed by atoms with Crippen molar-refractivity contribution in [3.8, 4) is 6.07 Å². The van der Waals surface area contributed by atoms with Gasteiger partial charge in [-0.2, -0.15) is 5.26 Å². The van der Waals surface area contributed by atoms with Crippen LogP contribution in [0.2, 0.25) is 0 Å². The maximum absolute atomic E-state index is 11.3. The van der Waals surface area contributed by atoms with Gasteiger partial charge >= 0.3 is 0 Å². The highest BCUT2D eigenvalue weighted by atomic mass is 32.2. The lowest BCUT2D eigenvalue weighted by atomic mass is 10.3. The fourth-order valence-corrected chi connectivity index (χ4v) is 2.09. The molecule has 0 aliphatic heterocycles. The predicted molar refractivity (Wildman–Crippen MR) is 46.2 cm³/mol. The number of nitrogens with one attached hydrogen (secondary N) is 1. The van der Waals surface area contributed by atoms with Crippen molar-refractivity contribution in [2.24, 2.45) is 0 Å². The number of hydrogen-bond acceptors (Lipinski definition) is 4. The maximum Gasteiger partial charge on any atom is 0.228 e. The van der Waals surface area contributed by atoms with Gasteiger partial charge in [-0.15, -0.1) is 0 Å². The van der Waals surface area contributed by atoms with Gasteiger partial charge in [-0.1, -0.05) is 0 Å². The fourth-order valence-electron chi connectivity index (χ4n) is 0.903. The van der Waals surface area contributed by atoms with Crippen molar-refractivity contribution < 1.29 is 13.5 Å². The summed E-state index contributed by atoms with van der Waals surface area (Å²) < 4.78 is 25.0.